The standard InChI is InChI=1S/C68H109NO8/c1-6-8-10-12-14-16-18-20-22-24-26-27-28-29-30-31-32-33-34-35-36-37-38-39-41-43-45-47-49-51-53-55-57-59-66(71)77-64(63-76-68(67(72)73)74-61-60-69(3,4)5)62-75-65(70)58-56-54-52-50-48-46-44-42-40-25-23-21-19-17-15-13-11-9-7-2/h8-11,14-17,20-23,26-27,29-30,32-33,40,42,46,48,52,54,64,68H,6-7,12-13,18-19,24-25,28,31,34-39,41,43-45,47,49-51,53,55-63H2,1-5H3/p+1/b10-8-,11-9-,16-14-,17-15-,22-20-,23-21-,27-26-,30-29-,33-32-,42-40-,48-46-,54-52-. The Labute approximate surface area is 471 Å². The van der Waals surface area contributed by atoms with E-state index in [1.165, 1.54) is 70.6 Å². The summed E-state index contributed by atoms with van der Waals surface area (Å²) in [5.41, 5.74) is 0. The quantitative estimate of drug-likeness (QED) is 0.0211. The molecule has 0 amide bonds. The molecule has 0 radical (unpaired) electrons. The smallest absolute Gasteiger partial charge is 0.361 e. The number of carboxylic acid groups (broad SMARTS) is 1. The van der Waals surface area contributed by atoms with E-state index in [9.17, 15) is 19.5 Å². The molecule has 0 heterocycles. The van der Waals surface area contributed by atoms with Gasteiger partial charge in [0.05, 0.1) is 34.4 Å². The van der Waals surface area contributed by atoms with Crippen molar-refractivity contribution in [2.24, 2.45) is 0 Å². The summed E-state index contributed by atoms with van der Waals surface area (Å²) in [4.78, 5) is 37.4. The maximum atomic E-state index is 12.9. The van der Waals surface area contributed by atoms with Crippen LogP contribution in [0.2, 0.25) is 0 Å². The molecule has 0 saturated heterocycles. The highest BCUT2D eigenvalue weighted by Crippen LogP contribution is 2.15. The van der Waals surface area contributed by atoms with E-state index < -0.39 is 30.3 Å². The normalized spacial score (nSPS) is 13.8. The molecule has 77 heavy (non-hydrogen) atoms. The molecule has 0 aliphatic heterocycles. The lowest BCUT2D eigenvalue weighted by Gasteiger charge is -2.25. The molecule has 0 bridgehead atoms. The first-order chi connectivity index (χ1) is 37.6. The number of likely N-dealkylation sites (N-methyl/N-ethyl adjacent to an activating group) is 1. The summed E-state index contributed by atoms with van der Waals surface area (Å²) < 4.78 is 22.8. The summed E-state index contributed by atoms with van der Waals surface area (Å²) in [6.45, 7) is 4.54. The summed E-state index contributed by atoms with van der Waals surface area (Å²) in [6.07, 6.45) is 80.9. The van der Waals surface area contributed by atoms with E-state index in [0.29, 0.717) is 23.9 Å². The van der Waals surface area contributed by atoms with Crippen LogP contribution in [0.3, 0.4) is 0 Å². The number of rotatable bonds is 53. The van der Waals surface area contributed by atoms with Gasteiger partial charge in [0, 0.05) is 12.8 Å². The fraction of sp³-hybridized carbons (Fsp3) is 0.603. The van der Waals surface area contributed by atoms with Crippen LogP contribution in [0, 0.1) is 0 Å². The molecule has 0 aromatic carbocycles. The molecule has 434 valence electrons. The number of carboxylic acids is 1. The molecule has 0 aliphatic rings. The van der Waals surface area contributed by atoms with Gasteiger partial charge >= 0.3 is 17.9 Å². The molecule has 2 unspecified atom stereocenters. The van der Waals surface area contributed by atoms with Gasteiger partial charge in [-0.15, -0.1) is 0 Å². The molecular formula is C68H110NO8+. The SMILES string of the molecule is CC/C=C\C/C=C\C/C=C\C/C=C\C/C=C\C/C=C\CCCCCCCCCCCCCCCCC(=O)OC(COC(=O)CC/C=C\C/C=C\C/C=C\C/C=C\C/C=C\C/C=C\CC)COC(OCC[N+](C)(C)C)C(=O)O. The van der Waals surface area contributed by atoms with Crippen molar-refractivity contribution in [1.29, 1.82) is 0 Å². The third-order valence-corrected chi connectivity index (χ3v) is 12.1. The van der Waals surface area contributed by atoms with E-state index in [4.69, 9.17) is 18.9 Å². The van der Waals surface area contributed by atoms with Crippen LogP contribution in [-0.4, -0.2) is 87.4 Å². The van der Waals surface area contributed by atoms with Crippen LogP contribution in [0.5, 0.6) is 0 Å². The van der Waals surface area contributed by atoms with Crippen LogP contribution in [0.1, 0.15) is 206 Å². The first-order valence-corrected chi connectivity index (χ1v) is 30.0. The third-order valence-electron chi connectivity index (χ3n) is 12.1. The number of aliphatic carboxylic acids is 1. The number of carbonyl (C=O) groups is 3. The summed E-state index contributed by atoms with van der Waals surface area (Å²) in [6, 6.07) is 0. The van der Waals surface area contributed by atoms with E-state index in [-0.39, 0.29) is 32.7 Å². The van der Waals surface area contributed by atoms with Gasteiger partial charge in [-0.3, -0.25) is 9.59 Å². The van der Waals surface area contributed by atoms with E-state index in [1.54, 1.807) is 0 Å². The minimum atomic E-state index is -1.54. The van der Waals surface area contributed by atoms with Gasteiger partial charge in [-0.25, -0.2) is 4.79 Å². The fourth-order valence-corrected chi connectivity index (χ4v) is 7.57. The zero-order valence-corrected chi connectivity index (χ0v) is 49.3. The van der Waals surface area contributed by atoms with E-state index >= 15 is 0 Å². The van der Waals surface area contributed by atoms with Crippen molar-refractivity contribution < 1.29 is 42.9 Å². The van der Waals surface area contributed by atoms with Gasteiger partial charge in [-0.2, -0.15) is 0 Å². The molecule has 2 atom stereocenters. The first-order valence-electron chi connectivity index (χ1n) is 30.0. The Morgan fingerprint density at radius 2 is 0.727 bits per heavy atom. The molecule has 9 nitrogen and oxygen atoms in total. The first kappa shape index (κ1) is 72.2. The second kappa shape index (κ2) is 57.3. The Hall–Kier alpha value is -4.83. The van der Waals surface area contributed by atoms with E-state index in [0.717, 1.165) is 96.3 Å². The largest absolute Gasteiger partial charge is 0.477 e. The molecule has 0 aromatic heterocycles. The van der Waals surface area contributed by atoms with Crippen LogP contribution in [0.15, 0.2) is 146 Å². The highest BCUT2D eigenvalue weighted by molar-refractivity contribution is 5.71. The highest BCUT2D eigenvalue weighted by Gasteiger charge is 2.25. The zero-order chi connectivity index (χ0) is 56.2. The molecular weight excluding hydrogens is 959 g/mol. The number of esters is 2. The van der Waals surface area contributed by atoms with Gasteiger partial charge < -0.3 is 28.5 Å². The van der Waals surface area contributed by atoms with Crippen molar-refractivity contribution in [1.82, 2.24) is 0 Å². The molecule has 0 spiro atoms. The average Bonchev–Trinajstić information content (AvgIpc) is 3.40. The van der Waals surface area contributed by atoms with Crippen molar-refractivity contribution in [2.45, 2.75) is 219 Å². The molecule has 0 fully saturated rings. The van der Waals surface area contributed by atoms with Crippen molar-refractivity contribution in [3.8, 4) is 0 Å². The summed E-state index contributed by atoms with van der Waals surface area (Å²) in [5.74, 6) is -2.13. The molecule has 0 aromatic rings. The molecule has 0 saturated carbocycles. The van der Waals surface area contributed by atoms with Crippen molar-refractivity contribution >= 4 is 17.9 Å². The Morgan fingerprint density at radius 1 is 0.390 bits per heavy atom. The topological polar surface area (TPSA) is 108 Å². The fourth-order valence-electron chi connectivity index (χ4n) is 7.57. The van der Waals surface area contributed by atoms with Gasteiger partial charge in [-0.05, 0) is 103 Å². The minimum Gasteiger partial charge on any atom is -0.477 e. The maximum absolute atomic E-state index is 12.9. The van der Waals surface area contributed by atoms with Crippen molar-refractivity contribution in [2.75, 3.05) is 47.5 Å². The predicted molar refractivity (Wildman–Crippen MR) is 327 cm³/mol. The summed E-state index contributed by atoms with van der Waals surface area (Å²) in [5, 5.41) is 9.70. The Morgan fingerprint density at radius 3 is 1.09 bits per heavy atom. The Bertz CT molecular complexity index is 1770. The van der Waals surface area contributed by atoms with Gasteiger partial charge in [-0.1, -0.05) is 237 Å². The van der Waals surface area contributed by atoms with Gasteiger partial charge in [0.25, 0.3) is 6.29 Å². The van der Waals surface area contributed by atoms with Crippen molar-refractivity contribution in [3.63, 3.8) is 0 Å². The van der Waals surface area contributed by atoms with Crippen LogP contribution >= 0.6 is 0 Å². The number of carbonyl (C=O) groups excluding carboxylic acids is 2. The molecule has 1 N–H and O–H groups in total. The number of ether oxygens (including phenoxy) is 4. The van der Waals surface area contributed by atoms with Crippen LogP contribution < -0.4 is 0 Å². The Kier molecular flexibility index (Phi) is 53.8. The maximum Gasteiger partial charge on any atom is 0.361 e. The molecule has 0 aliphatic carbocycles. The molecule has 9 heteroatoms. The highest BCUT2D eigenvalue weighted by atomic mass is 16.7. The second-order valence-electron chi connectivity index (χ2n) is 20.5. The summed E-state index contributed by atoms with van der Waals surface area (Å²) >= 11 is 0. The van der Waals surface area contributed by atoms with E-state index in [1.807, 2.05) is 33.3 Å². The van der Waals surface area contributed by atoms with Gasteiger partial charge in [0.2, 0.25) is 0 Å². The lowest BCUT2D eigenvalue weighted by atomic mass is 10.0. The average molecular weight is 1070 g/mol. The summed E-state index contributed by atoms with van der Waals surface area (Å²) in [7, 11) is 5.94. The predicted octanol–water partition coefficient (Wildman–Crippen LogP) is 18.0. The lowest BCUT2D eigenvalue weighted by molar-refractivity contribution is -0.870. The number of unbranched alkanes of at least 4 members (excludes halogenated alkanes) is 14. The number of hydrogen-bond donors (Lipinski definition) is 1. The second-order valence-corrected chi connectivity index (χ2v) is 20.5. The zero-order valence-electron chi connectivity index (χ0n) is 49.3. The Balaban J connectivity index is 4.27. The van der Waals surface area contributed by atoms with Crippen LogP contribution in [0.4, 0.5) is 0 Å². The lowest BCUT2D eigenvalue weighted by Crippen LogP contribution is -2.40. The number of nitrogens with zero attached hydrogens (tertiary/aromatic N) is 1. The van der Waals surface area contributed by atoms with Crippen molar-refractivity contribution in [3.05, 3.63) is 146 Å². The number of allylic oxidation sites excluding steroid dienone is 24. The van der Waals surface area contributed by atoms with Crippen LogP contribution in [0.25, 0.3) is 0 Å². The monoisotopic (exact) mass is 1070 g/mol. The number of hydrogen-bond acceptors (Lipinski definition) is 7. The number of quaternary nitrogens is 1. The minimum absolute atomic E-state index is 0.169. The van der Waals surface area contributed by atoms with Gasteiger partial charge in [0.1, 0.15) is 13.2 Å². The van der Waals surface area contributed by atoms with Crippen LogP contribution in [-0.2, 0) is 33.3 Å². The third kappa shape index (κ3) is 58.7. The van der Waals surface area contributed by atoms with E-state index in [2.05, 4.69) is 148 Å². The van der Waals surface area contributed by atoms with Gasteiger partial charge in [0.15, 0.2) is 6.10 Å². The molecule has 0 rings (SSSR count).